The second kappa shape index (κ2) is 7.00. The van der Waals surface area contributed by atoms with Gasteiger partial charge >= 0.3 is 5.97 Å². The van der Waals surface area contributed by atoms with Crippen LogP contribution in [0, 0.1) is 0 Å². The summed E-state index contributed by atoms with van der Waals surface area (Å²) >= 11 is 1.18. The molecule has 21 heavy (non-hydrogen) atoms. The van der Waals surface area contributed by atoms with Gasteiger partial charge in [0.05, 0.1) is 18.3 Å². The Morgan fingerprint density at radius 1 is 1.52 bits per heavy atom. The van der Waals surface area contributed by atoms with Crippen LogP contribution in [0.5, 0.6) is 0 Å². The number of carbonyl (C=O) groups is 2. The van der Waals surface area contributed by atoms with E-state index in [1.54, 1.807) is 6.92 Å². The highest BCUT2D eigenvalue weighted by Crippen LogP contribution is 2.29. The van der Waals surface area contributed by atoms with Crippen LogP contribution >= 0.6 is 11.3 Å². The predicted molar refractivity (Wildman–Crippen MR) is 81.8 cm³/mol. The molecule has 1 aromatic rings. The van der Waals surface area contributed by atoms with Crippen molar-refractivity contribution in [1.29, 1.82) is 0 Å². The van der Waals surface area contributed by atoms with Crippen molar-refractivity contribution in [3.05, 3.63) is 10.6 Å². The third-order valence-corrected chi connectivity index (χ3v) is 4.23. The summed E-state index contributed by atoms with van der Waals surface area (Å²) < 4.78 is 5.04. The molecule has 2 N–H and O–H groups in total. The maximum Gasteiger partial charge on any atom is 0.350 e. The van der Waals surface area contributed by atoms with Gasteiger partial charge in [-0.25, -0.2) is 9.78 Å². The first kappa shape index (κ1) is 15.9. The Kier molecular flexibility index (Phi) is 5.30. The Morgan fingerprint density at radius 2 is 2.29 bits per heavy atom. The number of carbonyl (C=O) groups excluding carboxylic acids is 2. The van der Waals surface area contributed by atoms with Crippen molar-refractivity contribution < 1.29 is 14.3 Å². The molecule has 1 saturated heterocycles. The molecule has 0 saturated carbocycles. The lowest BCUT2D eigenvalue weighted by atomic mass is 10.1. The van der Waals surface area contributed by atoms with Crippen molar-refractivity contribution in [2.45, 2.75) is 45.6 Å². The molecule has 6 nitrogen and oxygen atoms in total. The normalized spacial score (nSPS) is 18.0. The van der Waals surface area contributed by atoms with E-state index in [9.17, 15) is 9.59 Å². The Balaban J connectivity index is 2.14. The summed E-state index contributed by atoms with van der Waals surface area (Å²) in [6.07, 6.45) is 1.83. The first-order valence-electron chi connectivity index (χ1n) is 7.25. The highest BCUT2D eigenvalue weighted by molar-refractivity contribution is 7.17. The number of hydrogen-bond donors (Lipinski definition) is 2. The fourth-order valence-electron chi connectivity index (χ4n) is 2.22. The van der Waals surface area contributed by atoms with Gasteiger partial charge in [0.25, 0.3) is 0 Å². The lowest BCUT2D eigenvalue weighted by Crippen LogP contribution is -2.35. The number of nitrogens with zero attached hydrogens (tertiary/aromatic N) is 1. The van der Waals surface area contributed by atoms with Crippen LogP contribution in [0.25, 0.3) is 0 Å². The van der Waals surface area contributed by atoms with E-state index in [0.717, 1.165) is 19.4 Å². The number of anilines is 1. The molecule has 116 valence electrons. The lowest BCUT2D eigenvalue weighted by molar-refractivity contribution is -0.117. The van der Waals surface area contributed by atoms with Gasteiger partial charge in [-0.15, -0.1) is 0 Å². The number of ether oxygens (including phenoxy) is 1. The highest BCUT2D eigenvalue weighted by Gasteiger charge is 2.25. The molecule has 0 bridgehead atoms. The van der Waals surface area contributed by atoms with Gasteiger partial charge in [-0.3, -0.25) is 4.79 Å². The van der Waals surface area contributed by atoms with Crippen LogP contribution in [0.1, 0.15) is 54.9 Å². The summed E-state index contributed by atoms with van der Waals surface area (Å²) in [7, 11) is 0. The van der Waals surface area contributed by atoms with E-state index in [2.05, 4.69) is 15.6 Å². The summed E-state index contributed by atoms with van der Waals surface area (Å²) in [5.41, 5.74) is 0.674. The van der Waals surface area contributed by atoms with Crippen LogP contribution in [0.3, 0.4) is 0 Å². The van der Waals surface area contributed by atoms with Gasteiger partial charge in [-0.1, -0.05) is 25.2 Å². The van der Waals surface area contributed by atoms with Gasteiger partial charge in [-0.05, 0) is 32.2 Å². The maximum atomic E-state index is 12.1. The molecular weight excluding hydrogens is 290 g/mol. The van der Waals surface area contributed by atoms with Crippen LogP contribution in [-0.4, -0.2) is 36.1 Å². The number of rotatable bonds is 5. The first-order chi connectivity index (χ1) is 10.0. The van der Waals surface area contributed by atoms with Crippen molar-refractivity contribution >= 4 is 28.3 Å². The number of amides is 1. The maximum absolute atomic E-state index is 12.1. The molecule has 1 fully saturated rings. The summed E-state index contributed by atoms with van der Waals surface area (Å²) in [5.74, 6) is -0.374. The number of thiazole rings is 1. The van der Waals surface area contributed by atoms with Gasteiger partial charge in [0.1, 0.15) is 4.88 Å². The lowest BCUT2D eigenvalue weighted by Gasteiger charge is -2.08. The van der Waals surface area contributed by atoms with Crippen molar-refractivity contribution in [3.63, 3.8) is 0 Å². The molecule has 0 aliphatic carbocycles. The fourth-order valence-corrected chi connectivity index (χ4v) is 3.24. The molecule has 1 amide bonds. The zero-order chi connectivity index (χ0) is 15.4. The molecular formula is C14H21N3O3S. The minimum Gasteiger partial charge on any atom is -0.462 e. The Bertz CT molecular complexity index is 522. The topological polar surface area (TPSA) is 80.3 Å². The largest absolute Gasteiger partial charge is 0.462 e. The molecule has 2 rings (SSSR count). The SMILES string of the molecule is CCOC(=O)c1sc(NC(=O)C2CCCN2)nc1C(C)C. The van der Waals surface area contributed by atoms with E-state index in [1.807, 2.05) is 13.8 Å². The van der Waals surface area contributed by atoms with E-state index >= 15 is 0 Å². The summed E-state index contributed by atoms with van der Waals surface area (Å²) in [6.45, 7) is 6.87. The molecule has 0 aromatic carbocycles. The molecule has 1 aromatic heterocycles. The quantitative estimate of drug-likeness (QED) is 0.814. The van der Waals surface area contributed by atoms with Gasteiger partial charge < -0.3 is 15.4 Å². The first-order valence-corrected chi connectivity index (χ1v) is 8.06. The molecule has 1 aliphatic rings. The van der Waals surface area contributed by atoms with Crippen LogP contribution in [0.4, 0.5) is 5.13 Å². The van der Waals surface area contributed by atoms with E-state index in [4.69, 9.17) is 4.74 Å². The second-order valence-electron chi connectivity index (χ2n) is 5.25. The Labute approximate surface area is 128 Å². The fraction of sp³-hybridized carbons (Fsp3) is 0.643. The van der Waals surface area contributed by atoms with Gasteiger partial charge in [0.2, 0.25) is 5.91 Å². The third-order valence-electron chi connectivity index (χ3n) is 3.27. The van der Waals surface area contributed by atoms with Crippen molar-refractivity contribution in [1.82, 2.24) is 10.3 Å². The smallest absolute Gasteiger partial charge is 0.350 e. The van der Waals surface area contributed by atoms with E-state index < -0.39 is 0 Å². The monoisotopic (exact) mass is 311 g/mol. The Hall–Kier alpha value is -1.47. The Morgan fingerprint density at radius 3 is 2.86 bits per heavy atom. The van der Waals surface area contributed by atoms with Gasteiger partial charge in [0, 0.05) is 0 Å². The second-order valence-corrected chi connectivity index (χ2v) is 6.25. The minimum atomic E-state index is -0.377. The summed E-state index contributed by atoms with van der Waals surface area (Å²) in [6, 6.07) is -0.164. The number of hydrogen-bond acceptors (Lipinski definition) is 6. The van der Waals surface area contributed by atoms with Gasteiger partial charge in [-0.2, -0.15) is 0 Å². The zero-order valence-electron chi connectivity index (χ0n) is 12.6. The average molecular weight is 311 g/mol. The third kappa shape index (κ3) is 3.79. The van der Waals surface area contributed by atoms with Crippen LogP contribution in [-0.2, 0) is 9.53 Å². The molecule has 7 heteroatoms. The van der Waals surface area contributed by atoms with E-state index in [0.29, 0.717) is 22.3 Å². The van der Waals surface area contributed by atoms with Crippen LogP contribution < -0.4 is 10.6 Å². The summed E-state index contributed by atoms with van der Waals surface area (Å²) in [5, 5.41) is 6.39. The summed E-state index contributed by atoms with van der Waals surface area (Å²) in [4.78, 5) is 28.9. The molecule has 1 unspecified atom stereocenters. The van der Waals surface area contributed by atoms with Gasteiger partial charge in [0.15, 0.2) is 5.13 Å². The van der Waals surface area contributed by atoms with Crippen LogP contribution in [0.2, 0.25) is 0 Å². The predicted octanol–water partition coefficient (Wildman–Crippen LogP) is 2.13. The standard InChI is InChI=1S/C14H21N3O3S/c1-4-20-13(19)11-10(8(2)3)16-14(21-11)17-12(18)9-6-5-7-15-9/h8-9,15H,4-7H2,1-3H3,(H,16,17,18). The highest BCUT2D eigenvalue weighted by atomic mass is 32.1. The number of nitrogens with one attached hydrogen (secondary N) is 2. The van der Waals surface area contributed by atoms with E-state index in [-0.39, 0.29) is 23.8 Å². The molecule has 1 aliphatic heterocycles. The average Bonchev–Trinajstić information content (AvgIpc) is 3.07. The molecule has 2 heterocycles. The minimum absolute atomic E-state index is 0.0908. The zero-order valence-corrected chi connectivity index (χ0v) is 13.4. The molecule has 0 radical (unpaired) electrons. The van der Waals surface area contributed by atoms with E-state index in [1.165, 1.54) is 11.3 Å². The van der Waals surface area contributed by atoms with Crippen molar-refractivity contribution in [2.75, 3.05) is 18.5 Å². The molecule has 0 spiro atoms. The molecule has 1 atom stereocenters. The number of aromatic nitrogens is 1. The van der Waals surface area contributed by atoms with Crippen molar-refractivity contribution in [3.8, 4) is 0 Å². The number of esters is 1. The van der Waals surface area contributed by atoms with Crippen molar-refractivity contribution in [2.24, 2.45) is 0 Å². The van der Waals surface area contributed by atoms with Crippen LogP contribution in [0.15, 0.2) is 0 Å².